The maximum Gasteiger partial charge on any atom is 0.180 e. The summed E-state index contributed by atoms with van der Waals surface area (Å²) >= 11 is 0. The van der Waals surface area contributed by atoms with E-state index in [0.29, 0.717) is 0 Å². The van der Waals surface area contributed by atoms with Crippen LogP contribution in [0.3, 0.4) is 0 Å². The number of aromatic hydroxyl groups is 1. The summed E-state index contributed by atoms with van der Waals surface area (Å²) in [4.78, 5) is 16.4. The molecule has 2 rings (SSSR count). The first-order valence-electron chi connectivity index (χ1n) is 7.22. The van der Waals surface area contributed by atoms with Crippen molar-refractivity contribution in [2.75, 3.05) is 34.2 Å². The number of phenolic OH excluding ortho intramolecular Hbond substituents is 1. The van der Waals surface area contributed by atoms with Gasteiger partial charge in [-0.2, -0.15) is 0 Å². The van der Waals surface area contributed by atoms with Gasteiger partial charge >= 0.3 is 0 Å². The number of carbonyl (C=O) groups is 1. The number of halogens is 1. The van der Waals surface area contributed by atoms with Crippen LogP contribution < -0.4 is 0 Å². The first-order chi connectivity index (χ1) is 9.84. The van der Waals surface area contributed by atoms with Crippen LogP contribution in [0, 0.1) is 5.82 Å². The van der Waals surface area contributed by atoms with Gasteiger partial charge in [0, 0.05) is 12.1 Å². The predicted octanol–water partition coefficient (Wildman–Crippen LogP) is 2.13. The minimum absolute atomic E-state index is 0.0503. The average molecular weight is 294 g/mol. The summed E-state index contributed by atoms with van der Waals surface area (Å²) in [6.07, 6.45) is 3.47. The Labute approximate surface area is 125 Å². The molecule has 0 unspecified atom stereocenters. The van der Waals surface area contributed by atoms with Crippen molar-refractivity contribution < 1.29 is 14.3 Å². The first kappa shape index (κ1) is 15.9. The Morgan fingerprint density at radius 1 is 1.33 bits per heavy atom. The number of carbonyl (C=O) groups excluding carboxylic acids is 1. The maximum atomic E-state index is 13.2. The number of ketones is 1. The van der Waals surface area contributed by atoms with E-state index in [0.717, 1.165) is 31.5 Å². The zero-order valence-corrected chi connectivity index (χ0v) is 12.9. The Hall–Kier alpha value is -1.46. The third-order valence-electron chi connectivity index (χ3n) is 4.47. The molecule has 1 aliphatic carbocycles. The Morgan fingerprint density at radius 2 is 2.00 bits per heavy atom. The van der Waals surface area contributed by atoms with Gasteiger partial charge in [-0.15, -0.1) is 0 Å². The SMILES string of the molecule is CN(CC(=O)c1cc(F)ccc1O)CC1(N(C)C)CCC1. The van der Waals surface area contributed by atoms with Gasteiger partial charge in [-0.25, -0.2) is 4.39 Å². The maximum absolute atomic E-state index is 13.2. The molecule has 0 aromatic heterocycles. The summed E-state index contributed by atoms with van der Waals surface area (Å²) in [7, 11) is 6.01. The van der Waals surface area contributed by atoms with Crippen LogP contribution in [-0.4, -0.2) is 60.5 Å². The van der Waals surface area contributed by atoms with Crippen LogP contribution in [0.5, 0.6) is 5.75 Å². The molecule has 0 bridgehead atoms. The van der Waals surface area contributed by atoms with E-state index in [1.54, 1.807) is 0 Å². The zero-order valence-electron chi connectivity index (χ0n) is 12.9. The number of rotatable bonds is 6. The Bertz CT molecular complexity index is 527. The molecule has 0 atom stereocenters. The third-order valence-corrected chi connectivity index (χ3v) is 4.47. The van der Waals surface area contributed by atoms with Gasteiger partial charge in [-0.1, -0.05) is 0 Å². The molecule has 1 fully saturated rings. The molecule has 1 aromatic rings. The standard InChI is InChI=1S/C16H23FN2O2/c1-18(2)16(7-4-8-16)11-19(3)10-15(21)13-9-12(17)5-6-14(13)20/h5-6,9,20H,4,7-8,10-11H2,1-3H3. The fourth-order valence-electron chi connectivity index (χ4n) is 2.95. The summed E-state index contributed by atoms with van der Waals surface area (Å²) in [6.45, 7) is 0.967. The van der Waals surface area contributed by atoms with Gasteiger partial charge in [0.05, 0.1) is 12.1 Å². The molecule has 1 aromatic carbocycles. The summed E-state index contributed by atoms with van der Waals surface area (Å²) in [5.41, 5.74) is 0.188. The lowest BCUT2D eigenvalue weighted by Crippen LogP contribution is -2.57. The number of likely N-dealkylation sites (N-methyl/N-ethyl adjacent to an activating group) is 2. The second kappa shape index (κ2) is 6.12. The van der Waals surface area contributed by atoms with E-state index in [2.05, 4.69) is 19.0 Å². The number of phenols is 1. The molecule has 21 heavy (non-hydrogen) atoms. The highest BCUT2D eigenvalue weighted by Crippen LogP contribution is 2.36. The van der Waals surface area contributed by atoms with Crippen molar-refractivity contribution in [2.24, 2.45) is 0 Å². The van der Waals surface area contributed by atoms with Gasteiger partial charge in [0.1, 0.15) is 11.6 Å². The molecule has 1 N–H and O–H groups in total. The molecular formula is C16H23FN2O2. The number of hydrogen-bond acceptors (Lipinski definition) is 4. The fourth-order valence-corrected chi connectivity index (χ4v) is 2.95. The van der Waals surface area contributed by atoms with Crippen molar-refractivity contribution in [3.05, 3.63) is 29.6 Å². The highest BCUT2D eigenvalue weighted by molar-refractivity contribution is 5.99. The highest BCUT2D eigenvalue weighted by Gasteiger charge is 2.40. The number of nitrogens with zero attached hydrogens (tertiary/aromatic N) is 2. The van der Waals surface area contributed by atoms with E-state index in [-0.39, 0.29) is 29.2 Å². The highest BCUT2D eigenvalue weighted by atomic mass is 19.1. The van der Waals surface area contributed by atoms with Crippen molar-refractivity contribution >= 4 is 5.78 Å². The Morgan fingerprint density at radius 3 is 2.52 bits per heavy atom. The lowest BCUT2D eigenvalue weighted by atomic mass is 9.75. The quantitative estimate of drug-likeness (QED) is 0.816. The molecular weight excluding hydrogens is 271 g/mol. The van der Waals surface area contributed by atoms with Gasteiger partial charge in [0.2, 0.25) is 0 Å². The van der Waals surface area contributed by atoms with Crippen LogP contribution >= 0.6 is 0 Å². The molecule has 0 radical (unpaired) electrons. The molecule has 0 amide bonds. The Balaban J connectivity index is 2.00. The topological polar surface area (TPSA) is 43.8 Å². The van der Waals surface area contributed by atoms with Crippen LogP contribution in [-0.2, 0) is 0 Å². The minimum Gasteiger partial charge on any atom is -0.507 e. The second-order valence-electron chi connectivity index (χ2n) is 6.23. The molecule has 116 valence electrons. The van der Waals surface area contributed by atoms with Crippen molar-refractivity contribution in [1.29, 1.82) is 0 Å². The normalized spacial score (nSPS) is 17.0. The number of benzene rings is 1. The molecule has 1 saturated carbocycles. The average Bonchev–Trinajstić information content (AvgIpc) is 2.36. The molecule has 5 heteroatoms. The summed E-state index contributed by atoms with van der Waals surface area (Å²) in [6, 6.07) is 3.46. The third kappa shape index (κ3) is 3.41. The van der Waals surface area contributed by atoms with Gasteiger partial charge in [0.25, 0.3) is 0 Å². The van der Waals surface area contributed by atoms with E-state index in [4.69, 9.17) is 0 Å². The van der Waals surface area contributed by atoms with E-state index in [1.165, 1.54) is 12.5 Å². The molecule has 4 nitrogen and oxygen atoms in total. The van der Waals surface area contributed by atoms with Crippen molar-refractivity contribution in [2.45, 2.75) is 24.8 Å². The molecule has 0 aliphatic heterocycles. The largest absolute Gasteiger partial charge is 0.507 e. The first-order valence-corrected chi connectivity index (χ1v) is 7.22. The van der Waals surface area contributed by atoms with Gasteiger partial charge in [-0.3, -0.25) is 9.69 Å². The van der Waals surface area contributed by atoms with Crippen LogP contribution in [0.4, 0.5) is 4.39 Å². The lowest BCUT2D eigenvalue weighted by Gasteiger charge is -2.49. The molecule has 0 saturated heterocycles. The van der Waals surface area contributed by atoms with Crippen LogP contribution in [0.2, 0.25) is 0 Å². The summed E-state index contributed by atoms with van der Waals surface area (Å²) in [5, 5.41) is 9.68. The van der Waals surface area contributed by atoms with Crippen molar-refractivity contribution in [1.82, 2.24) is 9.80 Å². The van der Waals surface area contributed by atoms with Gasteiger partial charge in [-0.05, 0) is 58.6 Å². The molecule has 1 aliphatic rings. The van der Waals surface area contributed by atoms with Crippen molar-refractivity contribution in [3.8, 4) is 5.75 Å². The zero-order chi connectivity index (χ0) is 15.6. The molecule has 0 heterocycles. The summed E-state index contributed by atoms with van der Waals surface area (Å²) < 4.78 is 13.2. The number of Topliss-reactive ketones (excluding diaryl/α,β-unsaturated/α-hetero) is 1. The van der Waals surface area contributed by atoms with E-state index in [1.807, 2.05) is 11.9 Å². The van der Waals surface area contributed by atoms with E-state index < -0.39 is 5.82 Å². The van der Waals surface area contributed by atoms with Crippen LogP contribution in [0.15, 0.2) is 18.2 Å². The predicted molar refractivity (Wildman–Crippen MR) is 80.2 cm³/mol. The van der Waals surface area contributed by atoms with Gasteiger partial charge < -0.3 is 10.0 Å². The molecule has 0 spiro atoms. The Kier molecular flexibility index (Phi) is 4.64. The number of hydrogen-bond donors (Lipinski definition) is 1. The fraction of sp³-hybridized carbons (Fsp3) is 0.562. The smallest absolute Gasteiger partial charge is 0.180 e. The van der Waals surface area contributed by atoms with Crippen molar-refractivity contribution in [3.63, 3.8) is 0 Å². The van der Waals surface area contributed by atoms with Crippen LogP contribution in [0.1, 0.15) is 29.6 Å². The van der Waals surface area contributed by atoms with Crippen LogP contribution in [0.25, 0.3) is 0 Å². The summed E-state index contributed by atoms with van der Waals surface area (Å²) in [5.74, 6) is -0.939. The van der Waals surface area contributed by atoms with E-state index >= 15 is 0 Å². The monoisotopic (exact) mass is 294 g/mol. The second-order valence-corrected chi connectivity index (χ2v) is 6.23. The minimum atomic E-state index is -0.512. The van der Waals surface area contributed by atoms with E-state index in [9.17, 15) is 14.3 Å². The van der Waals surface area contributed by atoms with Gasteiger partial charge in [0.15, 0.2) is 5.78 Å². The lowest BCUT2D eigenvalue weighted by molar-refractivity contribution is 0.0280.